The fourth-order valence-corrected chi connectivity index (χ4v) is 7.57. The third-order valence-electron chi connectivity index (χ3n) is 9.95. The number of carbonyl (C=O) groups excluding carboxylic acids is 3. The lowest BCUT2D eigenvalue weighted by molar-refractivity contribution is -0.233. The van der Waals surface area contributed by atoms with Gasteiger partial charge in [-0.15, -0.1) is 0 Å². The Kier molecular flexibility index (Phi) is 8.28. The number of ketones is 1. The lowest BCUT2D eigenvalue weighted by Gasteiger charge is -2.61. The van der Waals surface area contributed by atoms with Crippen LogP contribution in [0.1, 0.15) is 67.2 Å². The van der Waals surface area contributed by atoms with Crippen LogP contribution < -0.4 is 0 Å². The number of Topliss-reactive ketones (excluding diaryl/α,β-unsaturated/α-hetero) is 1. The van der Waals surface area contributed by atoms with Gasteiger partial charge in [0, 0.05) is 24.7 Å². The minimum Gasteiger partial charge on any atom is -0.450 e. The molecular formula is C31H41NO8. The van der Waals surface area contributed by atoms with Gasteiger partial charge in [0.1, 0.15) is 18.2 Å². The van der Waals surface area contributed by atoms with Crippen LogP contribution >= 0.6 is 0 Å². The molecule has 0 aromatic rings. The summed E-state index contributed by atoms with van der Waals surface area (Å²) in [6.07, 6.45) is 5.35. The van der Waals surface area contributed by atoms with Gasteiger partial charge in [0.05, 0.1) is 18.1 Å². The average molecular weight is 556 g/mol. The van der Waals surface area contributed by atoms with Crippen molar-refractivity contribution in [3.63, 3.8) is 0 Å². The quantitative estimate of drug-likeness (QED) is 0.168. The lowest BCUT2D eigenvalue weighted by atomic mass is 9.46. The van der Waals surface area contributed by atoms with Gasteiger partial charge in [-0.25, -0.2) is 4.79 Å². The smallest absolute Gasteiger partial charge is 0.450 e. The molecule has 0 aromatic carbocycles. The molecule has 0 N–H and O–H groups in total. The van der Waals surface area contributed by atoms with E-state index in [1.54, 1.807) is 25.2 Å². The number of hydrogen-bond acceptors (Lipinski definition) is 9. The van der Waals surface area contributed by atoms with Crippen molar-refractivity contribution in [3.05, 3.63) is 52.5 Å². The number of allylic oxidation sites excluding steroid dienone is 4. The molecule has 7 atom stereocenters. The second kappa shape index (κ2) is 11.1. The number of nitrogens with zero attached hydrogens (tertiary/aromatic N) is 1. The average Bonchev–Trinajstić information content (AvgIpc) is 2.87. The van der Waals surface area contributed by atoms with Gasteiger partial charge in [0.15, 0.2) is 11.9 Å². The molecule has 0 radical (unpaired) electrons. The number of fused-ring (bicyclic) bond motifs is 5. The van der Waals surface area contributed by atoms with Gasteiger partial charge in [-0.05, 0) is 57.1 Å². The molecule has 1 heterocycles. The van der Waals surface area contributed by atoms with Gasteiger partial charge in [0.25, 0.3) is 0 Å². The molecule has 218 valence electrons. The molecule has 3 aliphatic carbocycles. The van der Waals surface area contributed by atoms with Crippen molar-refractivity contribution < 1.29 is 33.3 Å². The summed E-state index contributed by atoms with van der Waals surface area (Å²) in [7, 11) is 0. The molecule has 4 aliphatic rings. The van der Waals surface area contributed by atoms with Crippen LogP contribution in [0.3, 0.4) is 0 Å². The Morgan fingerprint density at radius 2 is 1.95 bits per heavy atom. The van der Waals surface area contributed by atoms with E-state index in [9.17, 15) is 19.3 Å². The molecule has 9 heteroatoms. The molecule has 2 saturated carbocycles. The van der Waals surface area contributed by atoms with Crippen molar-refractivity contribution >= 4 is 17.9 Å². The van der Waals surface area contributed by atoms with E-state index in [0.717, 1.165) is 11.1 Å². The summed E-state index contributed by atoms with van der Waals surface area (Å²) < 4.78 is 23.0. The topological polar surface area (TPSA) is 118 Å². The van der Waals surface area contributed by atoms with Crippen molar-refractivity contribution in [1.82, 2.24) is 0 Å². The van der Waals surface area contributed by atoms with Crippen LogP contribution in [0.5, 0.6) is 0 Å². The normalized spacial score (nSPS) is 36.8. The van der Waals surface area contributed by atoms with E-state index in [1.165, 1.54) is 6.92 Å². The van der Waals surface area contributed by atoms with E-state index < -0.39 is 40.7 Å². The van der Waals surface area contributed by atoms with Crippen LogP contribution in [-0.4, -0.2) is 55.0 Å². The monoisotopic (exact) mass is 555 g/mol. The highest BCUT2D eigenvalue weighted by Gasteiger charge is 2.68. The zero-order valence-electron chi connectivity index (χ0n) is 24.4. The largest absolute Gasteiger partial charge is 0.508 e. The first-order chi connectivity index (χ1) is 18.9. The molecule has 40 heavy (non-hydrogen) atoms. The number of esters is 1. The highest BCUT2D eigenvalue weighted by atomic mass is 16.7. The second-order valence-electron chi connectivity index (χ2n) is 12.3. The summed E-state index contributed by atoms with van der Waals surface area (Å²) in [5.41, 5.74) is -0.889. The minimum atomic E-state index is -1.28. The van der Waals surface area contributed by atoms with Crippen LogP contribution in [0.25, 0.3) is 0 Å². The van der Waals surface area contributed by atoms with Gasteiger partial charge in [0.2, 0.25) is 0 Å². The van der Waals surface area contributed by atoms with Crippen LogP contribution in [0.15, 0.2) is 52.8 Å². The standard InChI is InChI=1S/C31H41NO8/c1-8-10-20(11-9-2)16-38-28(35)40-24-14-23-21(17-37-23)22-15-31(32-36)13-12-18(3)25(29(31,5)6)26(39-19(4)33)27(34)30(22,24)7/h8-11,21-24,26H,1,12-17H2,2-7H3/b11-9-,20-10+. The molecule has 9 nitrogen and oxygen atoms in total. The maximum Gasteiger partial charge on any atom is 0.508 e. The zero-order valence-corrected chi connectivity index (χ0v) is 24.4. The van der Waals surface area contributed by atoms with Crippen LogP contribution in [-0.2, 0) is 28.5 Å². The molecule has 0 aromatic heterocycles. The first-order valence-electron chi connectivity index (χ1n) is 14.0. The number of rotatable bonds is 7. The van der Waals surface area contributed by atoms with E-state index in [1.807, 2.05) is 33.8 Å². The molecule has 0 spiro atoms. The van der Waals surface area contributed by atoms with Crippen molar-refractivity contribution in [1.29, 1.82) is 0 Å². The number of carbonyl (C=O) groups is 3. The summed E-state index contributed by atoms with van der Waals surface area (Å²) >= 11 is 0. The first-order valence-corrected chi connectivity index (χ1v) is 14.0. The van der Waals surface area contributed by atoms with E-state index in [4.69, 9.17) is 18.9 Å². The summed E-state index contributed by atoms with van der Waals surface area (Å²) in [5.74, 6) is -1.35. The van der Waals surface area contributed by atoms with Crippen molar-refractivity contribution in [3.8, 4) is 0 Å². The zero-order chi connectivity index (χ0) is 29.5. The number of nitroso groups, excluding NO2 is 1. The number of hydrogen-bond donors (Lipinski definition) is 0. The second-order valence-corrected chi connectivity index (χ2v) is 12.3. The number of ether oxygens (including phenoxy) is 4. The van der Waals surface area contributed by atoms with Gasteiger partial charge in [-0.2, -0.15) is 4.91 Å². The molecule has 2 bridgehead atoms. The minimum absolute atomic E-state index is 0.0254. The maximum atomic E-state index is 14.7. The Morgan fingerprint density at radius 1 is 1.23 bits per heavy atom. The van der Waals surface area contributed by atoms with Gasteiger partial charge >= 0.3 is 12.1 Å². The molecule has 3 fully saturated rings. The Balaban J connectivity index is 1.77. The van der Waals surface area contributed by atoms with Gasteiger partial charge in [-0.1, -0.05) is 55.5 Å². The fourth-order valence-electron chi connectivity index (χ4n) is 7.57. The van der Waals surface area contributed by atoms with E-state index in [0.29, 0.717) is 37.9 Å². The van der Waals surface area contributed by atoms with Crippen LogP contribution in [0.2, 0.25) is 0 Å². The molecule has 0 amide bonds. The SMILES string of the molecule is C=C/C=C(\C=C/C)COC(=O)OC1CC2OCC2C2CC3(N=O)CCC(C)=C(C(OC(C)=O)C(=O)C12C)C3(C)C. The fraction of sp³-hybridized carbons (Fsp3) is 0.645. The van der Waals surface area contributed by atoms with Gasteiger partial charge in [-0.3, -0.25) is 9.59 Å². The lowest BCUT2D eigenvalue weighted by Crippen LogP contribution is -2.68. The Morgan fingerprint density at radius 3 is 2.52 bits per heavy atom. The third-order valence-corrected chi connectivity index (χ3v) is 9.95. The van der Waals surface area contributed by atoms with E-state index in [-0.39, 0.29) is 30.3 Å². The third kappa shape index (κ3) is 4.76. The Hall–Kier alpha value is -3.07. The van der Waals surface area contributed by atoms with Crippen LogP contribution in [0.4, 0.5) is 4.79 Å². The highest BCUT2D eigenvalue weighted by Crippen LogP contribution is 2.63. The van der Waals surface area contributed by atoms with Gasteiger partial charge < -0.3 is 18.9 Å². The Bertz CT molecular complexity index is 1180. The van der Waals surface area contributed by atoms with E-state index in [2.05, 4.69) is 11.8 Å². The van der Waals surface area contributed by atoms with Crippen molar-refractivity contribution in [2.75, 3.05) is 13.2 Å². The predicted octanol–water partition coefficient (Wildman–Crippen LogP) is 5.78. The maximum absolute atomic E-state index is 14.7. The first kappa shape index (κ1) is 29.9. The summed E-state index contributed by atoms with van der Waals surface area (Å²) in [6, 6.07) is 0. The molecule has 4 rings (SSSR count). The van der Waals surface area contributed by atoms with Crippen molar-refractivity contribution in [2.24, 2.45) is 27.8 Å². The van der Waals surface area contributed by atoms with Crippen LogP contribution in [0, 0.1) is 27.6 Å². The molecule has 1 saturated heterocycles. The summed E-state index contributed by atoms with van der Waals surface area (Å²) in [4.78, 5) is 52.8. The van der Waals surface area contributed by atoms with Crippen molar-refractivity contribution in [2.45, 2.75) is 91.1 Å². The molecule has 1 aliphatic heterocycles. The summed E-state index contributed by atoms with van der Waals surface area (Å²) in [6.45, 7) is 14.7. The predicted molar refractivity (Wildman–Crippen MR) is 148 cm³/mol. The summed E-state index contributed by atoms with van der Waals surface area (Å²) in [5, 5.41) is 3.77. The highest BCUT2D eigenvalue weighted by molar-refractivity contribution is 5.94. The Labute approximate surface area is 236 Å². The molecular weight excluding hydrogens is 514 g/mol. The molecule has 7 unspecified atom stereocenters. The van der Waals surface area contributed by atoms with E-state index >= 15 is 0 Å².